The smallest absolute Gasteiger partial charge is 0.326 e. The molecule has 0 aromatic heterocycles. The first kappa shape index (κ1) is 11.5. The molecule has 0 aromatic rings. The van der Waals surface area contributed by atoms with Crippen LogP contribution in [0, 0.1) is 0 Å². The molecule has 0 bridgehead atoms. The van der Waals surface area contributed by atoms with Gasteiger partial charge in [0, 0.05) is 7.11 Å². The second-order valence-electron chi connectivity index (χ2n) is 4.03. The van der Waals surface area contributed by atoms with Crippen molar-refractivity contribution in [2.24, 2.45) is 0 Å². The molecule has 14 heavy (non-hydrogen) atoms. The normalized spacial score (nSPS) is 28.8. The maximum atomic E-state index is 11.7. The van der Waals surface area contributed by atoms with Gasteiger partial charge >= 0.3 is 5.97 Å². The van der Waals surface area contributed by atoms with E-state index in [1.807, 2.05) is 13.8 Å². The first-order chi connectivity index (χ1) is 6.58. The van der Waals surface area contributed by atoms with Crippen LogP contribution >= 0.6 is 0 Å². The van der Waals surface area contributed by atoms with Crippen molar-refractivity contribution >= 4 is 5.97 Å². The zero-order valence-electron chi connectivity index (χ0n) is 9.13. The molecule has 1 rings (SSSR count). The predicted molar refractivity (Wildman–Crippen MR) is 53.1 cm³/mol. The molecule has 82 valence electrons. The summed E-state index contributed by atoms with van der Waals surface area (Å²) in [5.41, 5.74) is -0.484. The van der Waals surface area contributed by atoms with Crippen molar-refractivity contribution < 1.29 is 14.3 Å². The van der Waals surface area contributed by atoms with E-state index >= 15 is 0 Å². The third-order valence-corrected chi connectivity index (χ3v) is 2.53. The lowest BCUT2D eigenvalue weighted by Gasteiger charge is -2.24. The van der Waals surface area contributed by atoms with Crippen LogP contribution in [-0.2, 0) is 14.3 Å². The Morgan fingerprint density at radius 1 is 1.64 bits per heavy atom. The van der Waals surface area contributed by atoms with Gasteiger partial charge in [0.2, 0.25) is 0 Å². The summed E-state index contributed by atoms with van der Waals surface area (Å²) in [6.45, 7) is 5.06. The van der Waals surface area contributed by atoms with Gasteiger partial charge in [-0.1, -0.05) is 0 Å². The summed E-state index contributed by atoms with van der Waals surface area (Å²) in [4.78, 5) is 11.7. The Kier molecular flexibility index (Phi) is 3.89. The van der Waals surface area contributed by atoms with E-state index in [1.165, 1.54) is 0 Å². The SMILES string of the molecule is COCC(C)OC(=O)C1(C)CCCN1. The fourth-order valence-electron chi connectivity index (χ4n) is 1.65. The Morgan fingerprint density at radius 3 is 2.86 bits per heavy atom. The quantitative estimate of drug-likeness (QED) is 0.680. The molecule has 2 unspecified atom stereocenters. The Hall–Kier alpha value is -0.610. The first-order valence-corrected chi connectivity index (χ1v) is 5.03. The van der Waals surface area contributed by atoms with Gasteiger partial charge in [0.05, 0.1) is 6.61 Å². The summed E-state index contributed by atoms with van der Waals surface area (Å²) in [6, 6.07) is 0. The number of carbonyl (C=O) groups is 1. The molecule has 4 nitrogen and oxygen atoms in total. The Labute approximate surface area is 85.0 Å². The van der Waals surface area contributed by atoms with E-state index in [0.717, 1.165) is 19.4 Å². The van der Waals surface area contributed by atoms with Crippen LogP contribution in [0.3, 0.4) is 0 Å². The van der Waals surface area contributed by atoms with Gasteiger partial charge in [-0.15, -0.1) is 0 Å². The number of methoxy groups -OCH3 is 1. The number of esters is 1. The molecule has 0 amide bonds. The maximum absolute atomic E-state index is 11.7. The first-order valence-electron chi connectivity index (χ1n) is 5.03. The second-order valence-corrected chi connectivity index (χ2v) is 4.03. The van der Waals surface area contributed by atoms with Gasteiger partial charge in [-0.3, -0.25) is 4.79 Å². The van der Waals surface area contributed by atoms with E-state index in [1.54, 1.807) is 7.11 Å². The lowest BCUT2D eigenvalue weighted by molar-refractivity contribution is -0.157. The maximum Gasteiger partial charge on any atom is 0.326 e. The Bertz CT molecular complexity index is 200. The van der Waals surface area contributed by atoms with E-state index in [2.05, 4.69) is 5.32 Å². The van der Waals surface area contributed by atoms with Crippen LogP contribution in [0.2, 0.25) is 0 Å². The molecule has 1 heterocycles. The summed E-state index contributed by atoms with van der Waals surface area (Å²) in [7, 11) is 1.60. The summed E-state index contributed by atoms with van der Waals surface area (Å²) in [5.74, 6) is -0.167. The van der Waals surface area contributed by atoms with Crippen molar-refractivity contribution in [2.75, 3.05) is 20.3 Å². The van der Waals surface area contributed by atoms with Gasteiger partial charge in [-0.05, 0) is 33.2 Å². The highest BCUT2D eigenvalue weighted by Crippen LogP contribution is 2.20. The van der Waals surface area contributed by atoms with Crippen LogP contribution in [0.4, 0.5) is 0 Å². The van der Waals surface area contributed by atoms with Crippen LogP contribution < -0.4 is 5.32 Å². The minimum absolute atomic E-state index is 0.167. The molecule has 4 heteroatoms. The molecule has 1 N–H and O–H groups in total. The molecule has 1 fully saturated rings. The Balaban J connectivity index is 2.40. The number of hydrogen-bond donors (Lipinski definition) is 1. The van der Waals surface area contributed by atoms with E-state index in [-0.39, 0.29) is 12.1 Å². The standard InChI is InChI=1S/C10H19NO3/c1-8(7-13-3)14-9(12)10(2)5-4-6-11-10/h8,11H,4-7H2,1-3H3. The molecule has 2 atom stereocenters. The van der Waals surface area contributed by atoms with Crippen LogP contribution in [0.25, 0.3) is 0 Å². The number of rotatable bonds is 4. The van der Waals surface area contributed by atoms with E-state index in [0.29, 0.717) is 6.61 Å². The highest BCUT2D eigenvalue weighted by molar-refractivity contribution is 5.80. The van der Waals surface area contributed by atoms with Crippen LogP contribution in [0.1, 0.15) is 26.7 Å². The van der Waals surface area contributed by atoms with E-state index < -0.39 is 5.54 Å². The summed E-state index contributed by atoms with van der Waals surface area (Å²) in [6.07, 6.45) is 1.71. The molecule has 0 aliphatic carbocycles. The monoisotopic (exact) mass is 201 g/mol. The summed E-state index contributed by atoms with van der Waals surface area (Å²) >= 11 is 0. The molecule has 0 aromatic carbocycles. The number of nitrogens with one attached hydrogen (secondary N) is 1. The summed E-state index contributed by atoms with van der Waals surface area (Å²) in [5, 5.41) is 3.16. The lowest BCUT2D eigenvalue weighted by atomic mass is 10.0. The fraction of sp³-hybridized carbons (Fsp3) is 0.900. The minimum atomic E-state index is -0.484. The highest BCUT2D eigenvalue weighted by atomic mass is 16.6. The zero-order valence-corrected chi connectivity index (χ0v) is 9.13. The van der Waals surface area contributed by atoms with Crippen molar-refractivity contribution in [1.82, 2.24) is 5.32 Å². The third kappa shape index (κ3) is 2.69. The van der Waals surface area contributed by atoms with Gasteiger partial charge < -0.3 is 14.8 Å². The molecule has 1 aliphatic heterocycles. The van der Waals surface area contributed by atoms with Gasteiger partial charge in [-0.25, -0.2) is 0 Å². The van der Waals surface area contributed by atoms with Gasteiger partial charge in [-0.2, -0.15) is 0 Å². The topological polar surface area (TPSA) is 47.6 Å². The number of hydrogen-bond acceptors (Lipinski definition) is 4. The van der Waals surface area contributed by atoms with Crippen molar-refractivity contribution in [2.45, 2.75) is 38.3 Å². The molecule has 0 spiro atoms. The third-order valence-electron chi connectivity index (χ3n) is 2.53. The molecule has 1 saturated heterocycles. The largest absolute Gasteiger partial charge is 0.459 e. The van der Waals surface area contributed by atoms with Crippen molar-refractivity contribution in [3.63, 3.8) is 0 Å². The predicted octanol–water partition coefficient (Wildman–Crippen LogP) is 0.707. The number of ether oxygens (including phenoxy) is 2. The fourth-order valence-corrected chi connectivity index (χ4v) is 1.65. The summed E-state index contributed by atoms with van der Waals surface area (Å²) < 4.78 is 10.2. The molecule has 0 saturated carbocycles. The van der Waals surface area contributed by atoms with E-state index in [9.17, 15) is 4.79 Å². The minimum Gasteiger partial charge on any atom is -0.459 e. The molecule has 1 aliphatic rings. The van der Waals surface area contributed by atoms with Crippen LogP contribution in [0.15, 0.2) is 0 Å². The van der Waals surface area contributed by atoms with Gasteiger partial charge in [0.1, 0.15) is 11.6 Å². The molecular formula is C10H19NO3. The van der Waals surface area contributed by atoms with E-state index in [4.69, 9.17) is 9.47 Å². The number of carbonyl (C=O) groups excluding carboxylic acids is 1. The zero-order chi connectivity index (χ0) is 10.6. The van der Waals surface area contributed by atoms with Gasteiger partial charge in [0.15, 0.2) is 0 Å². The average Bonchev–Trinajstić information content (AvgIpc) is 2.54. The highest BCUT2D eigenvalue weighted by Gasteiger charge is 2.38. The van der Waals surface area contributed by atoms with Crippen molar-refractivity contribution in [1.29, 1.82) is 0 Å². The molecule has 0 radical (unpaired) electrons. The Morgan fingerprint density at radius 2 is 2.36 bits per heavy atom. The van der Waals surface area contributed by atoms with Crippen molar-refractivity contribution in [3.8, 4) is 0 Å². The van der Waals surface area contributed by atoms with Gasteiger partial charge in [0.25, 0.3) is 0 Å². The van der Waals surface area contributed by atoms with Crippen LogP contribution in [0.5, 0.6) is 0 Å². The average molecular weight is 201 g/mol. The van der Waals surface area contributed by atoms with Crippen LogP contribution in [-0.4, -0.2) is 37.9 Å². The lowest BCUT2D eigenvalue weighted by Crippen LogP contribution is -2.47. The molecular weight excluding hydrogens is 182 g/mol. The van der Waals surface area contributed by atoms with Crippen molar-refractivity contribution in [3.05, 3.63) is 0 Å². The second kappa shape index (κ2) is 4.75.